The number of thiophene rings is 1. The van der Waals surface area contributed by atoms with Gasteiger partial charge in [0.1, 0.15) is 5.00 Å². The molecule has 0 fully saturated rings. The van der Waals surface area contributed by atoms with Gasteiger partial charge in [-0.3, -0.25) is 0 Å². The molecule has 8 nitrogen and oxygen atoms in total. The summed E-state index contributed by atoms with van der Waals surface area (Å²) in [5.74, 6) is -1.57. The molecule has 182 valence electrons. The molecular formula is C24H28N2O6S2. The molecule has 2 N–H and O–H groups in total. The second kappa shape index (κ2) is 11.9. The SMILES string of the molecule is CCOC(=O)c1c(NC(=S)Nc2cc(C(=O)OC)cc(C(=O)OC)c2)sc2c1CCCCCC2. The van der Waals surface area contributed by atoms with Crippen molar-refractivity contribution in [3.8, 4) is 0 Å². The lowest BCUT2D eigenvalue weighted by atomic mass is 9.96. The van der Waals surface area contributed by atoms with Gasteiger partial charge in [-0.25, -0.2) is 14.4 Å². The van der Waals surface area contributed by atoms with E-state index >= 15 is 0 Å². The number of carbonyl (C=O) groups excluding carboxylic acids is 3. The van der Waals surface area contributed by atoms with Gasteiger partial charge in [-0.1, -0.05) is 12.8 Å². The van der Waals surface area contributed by atoms with E-state index in [1.807, 2.05) is 0 Å². The highest BCUT2D eigenvalue weighted by Crippen LogP contribution is 2.37. The van der Waals surface area contributed by atoms with E-state index in [-0.39, 0.29) is 28.8 Å². The number of nitrogens with one attached hydrogen (secondary N) is 2. The van der Waals surface area contributed by atoms with Gasteiger partial charge >= 0.3 is 17.9 Å². The average Bonchev–Trinajstić information content (AvgIpc) is 3.13. The summed E-state index contributed by atoms with van der Waals surface area (Å²) < 4.78 is 14.9. The molecule has 1 aliphatic rings. The minimum atomic E-state index is -0.602. The third kappa shape index (κ3) is 6.12. The van der Waals surface area contributed by atoms with Crippen molar-refractivity contribution in [1.29, 1.82) is 0 Å². The summed E-state index contributed by atoms with van der Waals surface area (Å²) >= 11 is 7.01. The van der Waals surface area contributed by atoms with Crippen LogP contribution in [0, 0.1) is 0 Å². The summed E-state index contributed by atoms with van der Waals surface area (Å²) in [5, 5.41) is 6.95. The van der Waals surface area contributed by atoms with Gasteiger partial charge < -0.3 is 24.8 Å². The fourth-order valence-corrected chi connectivity index (χ4v) is 5.43. The van der Waals surface area contributed by atoms with Crippen LogP contribution in [0.1, 0.15) is 74.1 Å². The topological polar surface area (TPSA) is 103 Å². The smallest absolute Gasteiger partial charge is 0.341 e. The number of carbonyl (C=O) groups is 3. The molecule has 1 aliphatic carbocycles. The van der Waals surface area contributed by atoms with Crippen molar-refractivity contribution in [2.45, 2.75) is 45.4 Å². The highest BCUT2D eigenvalue weighted by atomic mass is 32.1. The molecule has 1 aromatic carbocycles. The molecule has 1 aromatic heterocycles. The summed E-state index contributed by atoms with van der Waals surface area (Å²) in [5.41, 5.74) is 2.30. The quantitative estimate of drug-likeness (QED) is 0.321. The third-order valence-electron chi connectivity index (χ3n) is 5.41. The maximum absolute atomic E-state index is 12.8. The molecule has 0 aliphatic heterocycles. The highest BCUT2D eigenvalue weighted by molar-refractivity contribution is 7.80. The minimum absolute atomic E-state index is 0.169. The van der Waals surface area contributed by atoms with Crippen LogP contribution >= 0.6 is 23.6 Å². The maximum atomic E-state index is 12.8. The van der Waals surface area contributed by atoms with Gasteiger partial charge in [0.25, 0.3) is 0 Å². The fourth-order valence-electron chi connectivity index (χ4n) is 3.86. The average molecular weight is 505 g/mol. The summed E-state index contributed by atoms with van der Waals surface area (Å²) in [7, 11) is 2.51. The lowest BCUT2D eigenvalue weighted by Crippen LogP contribution is -2.21. The normalized spacial score (nSPS) is 13.0. The van der Waals surface area contributed by atoms with Crippen LogP contribution in [0.15, 0.2) is 18.2 Å². The molecule has 34 heavy (non-hydrogen) atoms. The number of ether oxygens (including phenoxy) is 3. The lowest BCUT2D eigenvalue weighted by molar-refractivity contribution is 0.0524. The number of methoxy groups -OCH3 is 2. The molecular weight excluding hydrogens is 476 g/mol. The Bertz CT molecular complexity index is 1060. The molecule has 0 saturated carbocycles. The van der Waals surface area contributed by atoms with Crippen molar-refractivity contribution in [2.24, 2.45) is 0 Å². The Kier molecular flexibility index (Phi) is 9.00. The first-order chi connectivity index (χ1) is 16.4. The van der Waals surface area contributed by atoms with E-state index in [1.54, 1.807) is 6.92 Å². The number of anilines is 2. The Labute approximate surface area is 208 Å². The molecule has 1 heterocycles. The van der Waals surface area contributed by atoms with Crippen LogP contribution in [0.25, 0.3) is 0 Å². The second-order valence-corrected chi connectivity index (χ2v) is 9.22. The zero-order valence-electron chi connectivity index (χ0n) is 19.4. The standard InChI is InChI=1S/C24H28N2O6S2/c1-4-32-23(29)19-17-9-7-5-6-8-10-18(17)34-20(19)26-24(33)25-16-12-14(21(27)30-2)11-15(13-16)22(28)31-3/h11-13H,4-10H2,1-3H3,(H2,25,26,33). The van der Waals surface area contributed by atoms with E-state index in [0.29, 0.717) is 16.3 Å². The lowest BCUT2D eigenvalue weighted by Gasteiger charge is -2.13. The van der Waals surface area contributed by atoms with Gasteiger partial charge in [-0.05, 0) is 68.6 Å². The zero-order valence-corrected chi connectivity index (χ0v) is 21.1. The number of benzene rings is 1. The van der Waals surface area contributed by atoms with Gasteiger partial charge in [-0.2, -0.15) is 0 Å². The Morgan fingerprint density at radius 1 is 0.912 bits per heavy atom. The van der Waals surface area contributed by atoms with Gasteiger partial charge in [0, 0.05) is 10.6 Å². The molecule has 2 aromatic rings. The monoisotopic (exact) mass is 504 g/mol. The first-order valence-corrected chi connectivity index (χ1v) is 12.3. The number of fused-ring (bicyclic) bond motifs is 1. The van der Waals surface area contributed by atoms with Crippen molar-refractivity contribution in [2.75, 3.05) is 31.5 Å². The molecule has 0 atom stereocenters. The predicted molar refractivity (Wildman–Crippen MR) is 135 cm³/mol. The van der Waals surface area contributed by atoms with Crippen LogP contribution in [0.5, 0.6) is 0 Å². The number of aryl methyl sites for hydroxylation is 1. The molecule has 10 heteroatoms. The molecule has 0 spiro atoms. The van der Waals surface area contributed by atoms with Crippen molar-refractivity contribution in [3.05, 3.63) is 45.3 Å². The van der Waals surface area contributed by atoms with E-state index in [1.165, 1.54) is 55.1 Å². The van der Waals surface area contributed by atoms with Gasteiger partial charge in [-0.15, -0.1) is 11.3 Å². The zero-order chi connectivity index (χ0) is 24.7. The van der Waals surface area contributed by atoms with Crippen molar-refractivity contribution >= 4 is 57.3 Å². The van der Waals surface area contributed by atoms with Crippen LogP contribution in [0.4, 0.5) is 10.7 Å². The van der Waals surface area contributed by atoms with Crippen molar-refractivity contribution in [1.82, 2.24) is 0 Å². The summed E-state index contributed by atoms with van der Waals surface area (Å²) in [6.45, 7) is 2.06. The first kappa shape index (κ1) is 25.6. The van der Waals surface area contributed by atoms with Crippen LogP contribution in [-0.2, 0) is 27.1 Å². The Morgan fingerprint density at radius 2 is 1.53 bits per heavy atom. The van der Waals surface area contributed by atoms with E-state index in [2.05, 4.69) is 10.6 Å². The Balaban J connectivity index is 1.89. The van der Waals surface area contributed by atoms with Crippen LogP contribution in [-0.4, -0.2) is 43.8 Å². The van der Waals surface area contributed by atoms with Gasteiger partial charge in [0.15, 0.2) is 5.11 Å². The van der Waals surface area contributed by atoms with Crippen molar-refractivity contribution < 1.29 is 28.6 Å². The first-order valence-electron chi connectivity index (χ1n) is 11.1. The minimum Gasteiger partial charge on any atom is -0.465 e. The fraction of sp³-hybridized carbons (Fsp3) is 0.417. The Hall–Kier alpha value is -2.98. The largest absolute Gasteiger partial charge is 0.465 e. The molecule has 0 saturated heterocycles. The van der Waals surface area contributed by atoms with E-state index in [9.17, 15) is 14.4 Å². The summed E-state index contributed by atoms with van der Waals surface area (Å²) in [4.78, 5) is 38.1. The Morgan fingerprint density at radius 3 is 2.12 bits per heavy atom. The predicted octanol–water partition coefficient (Wildman–Crippen LogP) is 4.97. The number of hydrogen-bond acceptors (Lipinski definition) is 8. The van der Waals surface area contributed by atoms with E-state index in [0.717, 1.165) is 37.7 Å². The third-order valence-corrected chi connectivity index (χ3v) is 6.82. The van der Waals surface area contributed by atoms with E-state index < -0.39 is 11.9 Å². The molecule has 0 radical (unpaired) electrons. The molecule has 0 amide bonds. The summed E-state index contributed by atoms with van der Waals surface area (Å²) in [6, 6.07) is 4.43. The number of thiocarbonyl (C=S) groups is 1. The molecule has 3 rings (SSSR count). The molecule has 0 bridgehead atoms. The van der Waals surface area contributed by atoms with Gasteiger partial charge in [0.2, 0.25) is 0 Å². The van der Waals surface area contributed by atoms with Crippen LogP contribution in [0.2, 0.25) is 0 Å². The molecule has 0 unspecified atom stereocenters. The van der Waals surface area contributed by atoms with Crippen LogP contribution < -0.4 is 10.6 Å². The maximum Gasteiger partial charge on any atom is 0.341 e. The van der Waals surface area contributed by atoms with Crippen molar-refractivity contribution in [3.63, 3.8) is 0 Å². The number of rotatable bonds is 6. The number of hydrogen-bond donors (Lipinski definition) is 2. The van der Waals surface area contributed by atoms with Gasteiger partial charge in [0.05, 0.1) is 37.5 Å². The highest BCUT2D eigenvalue weighted by Gasteiger charge is 2.26. The van der Waals surface area contributed by atoms with Crippen LogP contribution in [0.3, 0.4) is 0 Å². The number of esters is 3. The second-order valence-electron chi connectivity index (χ2n) is 7.70. The summed E-state index contributed by atoms with van der Waals surface area (Å²) in [6.07, 6.45) is 6.15. The van der Waals surface area contributed by atoms with E-state index in [4.69, 9.17) is 26.4 Å².